The third kappa shape index (κ3) is 3.96. The number of unbranched alkanes of at least 4 members (excludes halogenated alkanes) is 2. The fourth-order valence-corrected chi connectivity index (χ4v) is 3.31. The first kappa shape index (κ1) is 16.3. The molecule has 0 fully saturated rings. The van der Waals surface area contributed by atoms with Crippen LogP contribution in [0.25, 0.3) is 5.57 Å². The van der Waals surface area contributed by atoms with Gasteiger partial charge in [0.2, 0.25) is 0 Å². The molecule has 0 amide bonds. The fourth-order valence-electron chi connectivity index (χ4n) is 3.31. The molecule has 0 bridgehead atoms. The molecule has 0 radical (unpaired) electrons. The van der Waals surface area contributed by atoms with Crippen molar-refractivity contribution in [3.05, 3.63) is 41.0 Å². The lowest BCUT2D eigenvalue weighted by molar-refractivity contribution is 0.163. The molecule has 1 aromatic rings. The summed E-state index contributed by atoms with van der Waals surface area (Å²) < 4.78 is 0. The Labute approximate surface area is 128 Å². The van der Waals surface area contributed by atoms with Crippen LogP contribution >= 0.6 is 0 Å². The molecule has 2 unspecified atom stereocenters. The Morgan fingerprint density at radius 2 is 1.90 bits per heavy atom. The van der Waals surface area contributed by atoms with Gasteiger partial charge in [0.15, 0.2) is 0 Å². The van der Waals surface area contributed by atoms with Gasteiger partial charge in [-0.25, -0.2) is 0 Å². The molecule has 2 heteroatoms. The largest absolute Gasteiger partial charge is 0.392 e. The number of hydrogen-bond acceptors (Lipinski definition) is 2. The van der Waals surface area contributed by atoms with E-state index in [4.69, 9.17) is 0 Å². The van der Waals surface area contributed by atoms with E-state index in [-0.39, 0.29) is 12.7 Å². The molecule has 1 aliphatic carbocycles. The van der Waals surface area contributed by atoms with E-state index < -0.39 is 0 Å². The lowest BCUT2D eigenvalue weighted by atomic mass is 9.93. The third-order valence-corrected chi connectivity index (χ3v) is 4.63. The number of hydrogen-bond donors (Lipinski definition) is 2. The van der Waals surface area contributed by atoms with Gasteiger partial charge in [0.05, 0.1) is 12.7 Å². The average Bonchev–Trinajstić information content (AvgIpc) is 2.88. The first-order valence-corrected chi connectivity index (χ1v) is 8.28. The number of benzene rings is 1. The van der Waals surface area contributed by atoms with E-state index in [1.807, 2.05) is 12.1 Å². The molecule has 2 atom stereocenters. The van der Waals surface area contributed by atoms with Crippen molar-refractivity contribution >= 4 is 5.57 Å². The number of aliphatic hydroxyl groups is 2. The summed E-state index contributed by atoms with van der Waals surface area (Å²) in [5.41, 5.74) is 4.70. The Balaban J connectivity index is 2.08. The summed E-state index contributed by atoms with van der Waals surface area (Å²) in [5, 5.41) is 19.7. The lowest BCUT2D eigenvalue weighted by Gasteiger charge is -2.14. The summed E-state index contributed by atoms with van der Waals surface area (Å²) in [6.07, 6.45) is 6.07. The molecular weight excluding hydrogens is 260 g/mol. The van der Waals surface area contributed by atoms with Gasteiger partial charge < -0.3 is 10.2 Å². The summed E-state index contributed by atoms with van der Waals surface area (Å²) in [6.45, 7) is 4.57. The standard InChI is InChI=1S/C19H28O2/c1-3-4-5-6-18(21)15-9-11-16(12-10-15)19-14(2)7-8-17(19)13-20/h9-12,14,18,20-21H,3-8,13H2,1-2H3. The molecule has 0 aliphatic heterocycles. The molecule has 2 nitrogen and oxygen atoms in total. The highest BCUT2D eigenvalue weighted by molar-refractivity contribution is 5.72. The molecule has 116 valence electrons. The van der Waals surface area contributed by atoms with Crippen LogP contribution in [0.3, 0.4) is 0 Å². The maximum Gasteiger partial charge on any atom is 0.0790 e. The summed E-state index contributed by atoms with van der Waals surface area (Å²) in [5.74, 6) is 0.521. The normalized spacial score (nSPS) is 20.1. The predicted octanol–water partition coefficient (Wildman–Crippen LogP) is 4.48. The zero-order valence-corrected chi connectivity index (χ0v) is 13.3. The van der Waals surface area contributed by atoms with Crippen LogP contribution in [0.2, 0.25) is 0 Å². The van der Waals surface area contributed by atoms with Crippen LogP contribution in [0, 0.1) is 5.92 Å². The Morgan fingerprint density at radius 3 is 2.52 bits per heavy atom. The van der Waals surface area contributed by atoms with E-state index in [2.05, 4.69) is 26.0 Å². The fraction of sp³-hybridized carbons (Fsp3) is 0.579. The van der Waals surface area contributed by atoms with Gasteiger partial charge in [0.1, 0.15) is 0 Å². The van der Waals surface area contributed by atoms with Gasteiger partial charge >= 0.3 is 0 Å². The van der Waals surface area contributed by atoms with Crippen molar-refractivity contribution in [3.63, 3.8) is 0 Å². The molecule has 1 aromatic carbocycles. The highest BCUT2D eigenvalue weighted by Gasteiger charge is 2.22. The zero-order valence-electron chi connectivity index (χ0n) is 13.3. The Kier molecular flexibility index (Phi) is 6.01. The van der Waals surface area contributed by atoms with Gasteiger partial charge in [-0.3, -0.25) is 0 Å². The van der Waals surface area contributed by atoms with Crippen molar-refractivity contribution < 1.29 is 10.2 Å². The smallest absolute Gasteiger partial charge is 0.0790 e. The molecule has 0 saturated heterocycles. The topological polar surface area (TPSA) is 40.5 Å². The molecule has 0 spiro atoms. The molecule has 0 aromatic heterocycles. The second kappa shape index (κ2) is 7.77. The first-order chi connectivity index (χ1) is 10.2. The minimum atomic E-state index is -0.349. The summed E-state index contributed by atoms with van der Waals surface area (Å²) in [6, 6.07) is 8.29. The van der Waals surface area contributed by atoms with E-state index in [0.717, 1.165) is 31.2 Å². The predicted molar refractivity (Wildman–Crippen MR) is 87.9 cm³/mol. The number of aliphatic hydroxyl groups excluding tert-OH is 2. The van der Waals surface area contributed by atoms with Gasteiger partial charge in [-0.1, -0.05) is 57.4 Å². The van der Waals surface area contributed by atoms with E-state index in [1.54, 1.807) is 0 Å². The first-order valence-electron chi connectivity index (χ1n) is 8.28. The van der Waals surface area contributed by atoms with E-state index in [0.29, 0.717) is 5.92 Å². The van der Waals surface area contributed by atoms with Crippen LogP contribution in [0.5, 0.6) is 0 Å². The Bertz CT molecular complexity index is 473. The highest BCUT2D eigenvalue weighted by atomic mass is 16.3. The highest BCUT2D eigenvalue weighted by Crippen LogP contribution is 2.38. The molecular formula is C19H28O2. The Hall–Kier alpha value is -1.12. The third-order valence-electron chi connectivity index (χ3n) is 4.63. The maximum atomic E-state index is 10.2. The summed E-state index contributed by atoms with van der Waals surface area (Å²) in [7, 11) is 0. The van der Waals surface area contributed by atoms with Crippen LogP contribution < -0.4 is 0 Å². The minimum absolute atomic E-state index is 0.168. The van der Waals surface area contributed by atoms with Crippen molar-refractivity contribution in [1.82, 2.24) is 0 Å². The van der Waals surface area contributed by atoms with Crippen molar-refractivity contribution in [2.45, 2.75) is 58.5 Å². The number of allylic oxidation sites excluding steroid dienone is 1. The van der Waals surface area contributed by atoms with E-state index >= 15 is 0 Å². The maximum absolute atomic E-state index is 10.2. The molecule has 2 N–H and O–H groups in total. The van der Waals surface area contributed by atoms with Crippen molar-refractivity contribution in [2.24, 2.45) is 5.92 Å². The quantitative estimate of drug-likeness (QED) is 0.726. The molecule has 0 heterocycles. The van der Waals surface area contributed by atoms with Gasteiger partial charge in [0.25, 0.3) is 0 Å². The Morgan fingerprint density at radius 1 is 1.19 bits per heavy atom. The summed E-state index contributed by atoms with van der Waals surface area (Å²) in [4.78, 5) is 0. The second-order valence-corrected chi connectivity index (χ2v) is 6.25. The number of rotatable bonds is 7. The SMILES string of the molecule is CCCCCC(O)c1ccc(C2=C(CO)CCC2C)cc1. The van der Waals surface area contributed by atoms with Crippen LogP contribution in [0.15, 0.2) is 29.8 Å². The molecule has 1 aliphatic rings. The minimum Gasteiger partial charge on any atom is -0.392 e. The molecule has 21 heavy (non-hydrogen) atoms. The molecule has 0 saturated carbocycles. The average molecular weight is 288 g/mol. The van der Waals surface area contributed by atoms with E-state index in [9.17, 15) is 10.2 Å². The van der Waals surface area contributed by atoms with Crippen LogP contribution in [0.4, 0.5) is 0 Å². The van der Waals surface area contributed by atoms with Crippen LogP contribution in [0.1, 0.15) is 69.6 Å². The van der Waals surface area contributed by atoms with Crippen molar-refractivity contribution in [1.29, 1.82) is 0 Å². The summed E-state index contributed by atoms with van der Waals surface area (Å²) >= 11 is 0. The van der Waals surface area contributed by atoms with Crippen molar-refractivity contribution in [3.8, 4) is 0 Å². The van der Waals surface area contributed by atoms with Gasteiger partial charge in [-0.05, 0) is 47.5 Å². The van der Waals surface area contributed by atoms with Crippen LogP contribution in [-0.2, 0) is 0 Å². The zero-order chi connectivity index (χ0) is 15.2. The monoisotopic (exact) mass is 288 g/mol. The van der Waals surface area contributed by atoms with Gasteiger partial charge in [-0.15, -0.1) is 0 Å². The van der Waals surface area contributed by atoms with Crippen molar-refractivity contribution in [2.75, 3.05) is 6.61 Å². The van der Waals surface area contributed by atoms with Gasteiger partial charge in [0, 0.05) is 0 Å². The molecule has 2 rings (SSSR count). The lowest BCUT2D eigenvalue weighted by Crippen LogP contribution is -1.99. The van der Waals surface area contributed by atoms with Gasteiger partial charge in [-0.2, -0.15) is 0 Å². The van der Waals surface area contributed by atoms with Crippen LogP contribution in [-0.4, -0.2) is 16.8 Å². The van der Waals surface area contributed by atoms with E-state index in [1.165, 1.54) is 29.6 Å². The second-order valence-electron chi connectivity index (χ2n) is 6.25.